The van der Waals surface area contributed by atoms with Gasteiger partial charge in [0.05, 0.1) is 5.25 Å². The Morgan fingerprint density at radius 3 is 3.21 bits per heavy atom. The summed E-state index contributed by atoms with van der Waals surface area (Å²) in [5.74, 6) is 1.54. The van der Waals surface area contributed by atoms with Crippen molar-refractivity contribution in [3.05, 3.63) is 6.33 Å². The van der Waals surface area contributed by atoms with E-state index in [1.165, 1.54) is 12.7 Å². The maximum atomic E-state index is 11.6. The highest BCUT2D eigenvalue weighted by Gasteiger charge is 2.22. The Labute approximate surface area is 86.1 Å². The third-order valence-corrected chi connectivity index (χ3v) is 3.51. The normalized spacial score (nSPS) is 21.9. The van der Waals surface area contributed by atoms with E-state index in [1.54, 1.807) is 11.8 Å². The van der Waals surface area contributed by atoms with Gasteiger partial charge in [0.1, 0.15) is 6.33 Å². The van der Waals surface area contributed by atoms with Crippen LogP contribution in [0.3, 0.4) is 0 Å². The molecule has 0 radical (unpaired) electrons. The number of nitrogens with zero attached hydrogens (tertiary/aromatic N) is 2. The minimum atomic E-state index is 0.0338. The van der Waals surface area contributed by atoms with Crippen molar-refractivity contribution in [2.24, 2.45) is 0 Å². The van der Waals surface area contributed by atoms with Crippen LogP contribution in [0.25, 0.3) is 0 Å². The van der Waals surface area contributed by atoms with Gasteiger partial charge in [-0.3, -0.25) is 10.1 Å². The van der Waals surface area contributed by atoms with Crippen LogP contribution >= 0.6 is 11.8 Å². The van der Waals surface area contributed by atoms with Gasteiger partial charge in [-0.15, -0.1) is 11.8 Å². The molecule has 76 valence electrons. The number of aromatic nitrogens is 3. The van der Waals surface area contributed by atoms with Gasteiger partial charge in [0.25, 0.3) is 0 Å². The third kappa shape index (κ3) is 2.25. The number of rotatable bonds is 2. The molecule has 0 aliphatic carbocycles. The number of hydrogen-bond donors (Lipinski definition) is 2. The lowest BCUT2D eigenvalue weighted by Crippen LogP contribution is -2.27. The van der Waals surface area contributed by atoms with E-state index in [1.807, 2.05) is 0 Å². The van der Waals surface area contributed by atoms with E-state index in [-0.39, 0.29) is 11.2 Å². The molecule has 6 heteroatoms. The number of aromatic amines is 1. The number of carbonyl (C=O) groups is 1. The van der Waals surface area contributed by atoms with Gasteiger partial charge in [-0.05, 0) is 18.6 Å². The molecule has 2 rings (SSSR count). The molecule has 0 bridgehead atoms. The molecule has 1 saturated heterocycles. The summed E-state index contributed by atoms with van der Waals surface area (Å²) >= 11 is 1.72. The average Bonchev–Trinajstić information content (AvgIpc) is 2.72. The van der Waals surface area contributed by atoms with Crippen molar-refractivity contribution in [1.82, 2.24) is 15.2 Å². The van der Waals surface area contributed by atoms with E-state index in [4.69, 9.17) is 0 Å². The van der Waals surface area contributed by atoms with Gasteiger partial charge in [-0.1, -0.05) is 6.42 Å². The van der Waals surface area contributed by atoms with Crippen molar-refractivity contribution in [3.63, 3.8) is 0 Å². The summed E-state index contributed by atoms with van der Waals surface area (Å²) in [4.78, 5) is 15.5. The number of thioether (sulfide) groups is 1. The van der Waals surface area contributed by atoms with Crippen molar-refractivity contribution in [2.75, 3.05) is 11.1 Å². The summed E-state index contributed by atoms with van der Waals surface area (Å²) < 4.78 is 0. The smallest absolute Gasteiger partial charge is 0.239 e. The standard InChI is InChI=1S/C8H12N4OS/c13-7(6-3-1-2-4-14-6)11-8-9-5-10-12-8/h5-6H,1-4H2,(H2,9,10,11,12,13). The van der Waals surface area contributed by atoms with Crippen LogP contribution in [0, 0.1) is 0 Å². The topological polar surface area (TPSA) is 70.7 Å². The van der Waals surface area contributed by atoms with E-state index >= 15 is 0 Å². The number of H-pyrrole nitrogens is 1. The van der Waals surface area contributed by atoms with Gasteiger partial charge in [0, 0.05) is 0 Å². The van der Waals surface area contributed by atoms with E-state index in [0.717, 1.165) is 18.6 Å². The van der Waals surface area contributed by atoms with Gasteiger partial charge in [0.15, 0.2) is 0 Å². The molecule has 1 aromatic heterocycles. The lowest BCUT2D eigenvalue weighted by molar-refractivity contribution is -0.115. The fourth-order valence-electron chi connectivity index (χ4n) is 1.41. The maximum Gasteiger partial charge on any atom is 0.239 e. The molecular formula is C8H12N4OS. The zero-order valence-corrected chi connectivity index (χ0v) is 8.51. The molecule has 1 amide bonds. The number of amides is 1. The molecule has 14 heavy (non-hydrogen) atoms. The highest BCUT2D eigenvalue weighted by atomic mass is 32.2. The third-order valence-electron chi connectivity index (χ3n) is 2.13. The fraction of sp³-hybridized carbons (Fsp3) is 0.625. The van der Waals surface area contributed by atoms with Crippen LogP contribution < -0.4 is 5.32 Å². The first-order valence-corrected chi connectivity index (χ1v) is 5.69. The van der Waals surface area contributed by atoms with Gasteiger partial charge in [0.2, 0.25) is 11.9 Å². The van der Waals surface area contributed by atoms with Crippen LogP contribution in [-0.2, 0) is 4.79 Å². The predicted octanol–water partition coefficient (Wildman–Crippen LogP) is 1.03. The number of hydrogen-bond acceptors (Lipinski definition) is 4. The molecule has 2 heterocycles. The van der Waals surface area contributed by atoms with Crippen molar-refractivity contribution in [1.29, 1.82) is 0 Å². The minimum Gasteiger partial charge on any atom is -0.294 e. The maximum absolute atomic E-state index is 11.6. The Balaban J connectivity index is 1.88. The second kappa shape index (κ2) is 4.45. The summed E-state index contributed by atoms with van der Waals surface area (Å²) in [6, 6.07) is 0. The minimum absolute atomic E-state index is 0.0338. The van der Waals surface area contributed by atoms with E-state index < -0.39 is 0 Å². The summed E-state index contributed by atoms with van der Waals surface area (Å²) in [5, 5.41) is 9.05. The van der Waals surface area contributed by atoms with Crippen LogP contribution in [0.15, 0.2) is 6.33 Å². The first kappa shape index (κ1) is 9.51. The van der Waals surface area contributed by atoms with Crippen molar-refractivity contribution >= 4 is 23.6 Å². The van der Waals surface area contributed by atoms with E-state index in [9.17, 15) is 4.79 Å². The molecule has 0 spiro atoms. The van der Waals surface area contributed by atoms with Gasteiger partial charge in [-0.25, -0.2) is 5.10 Å². The molecule has 5 nitrogen and oxygen atoms in total. The lowest BCUT2D eigenvalue weighted by atomic mass is 10.2. The van der Waals surface area contributed by atoms with Crippen LogP contribution in [0.1, 0.15) is 19.3 Å². The summed E-state index contributed by atoms with van der Waals surface area (Å²) in [7, 11) is 0. The second-order valence-electron chi connectivity index (χ2n) is 3.18. The first-order chi connectivity index (χ1) is 6.86. The van der Waals surface area contributed by atoms with Crippen molar-refractivity contribution in [2.45, 2.75) is 24.5 Å². The SMILES string of the molecule is O=C(Nc1ncn[nH]1)C1CCCCS1. The van der Waals surface area contributed by atoms with Crippen LogP contribution in [-0.4, -0.2) is 32.1 Å². The summed E-state index contributed by atoms with van der Waals surface area (Å²) in [6.45, 7) is 0. The summed E-state index contributed by atoms with van der Waals surface area (Å²) in [5.41, 5.74) is 0. The first-order valence-electron chi connectivity index (χ1n) is 4.64. The second-order valence-corrected chi connectivity index (χ2v) is 4.49. The molecular weight excluding hydrogens is 200 g/mol. The Morgan fingerprint density at radius 1 is 1.64 bits per heavy atom. The lowest BCUT2D eigenvalue weighted by Gasteiger charge is -2.19. The molecule has 1 atom stereocenters. The number of anilines is 1. The van der Waals surface area contributed by atoms with Gasteiger partial charge < -0.3 is 0 Å². The molecule has 1 aromatic rings. The van der Waals surface area contributed by atoms with Crippen molar-refractivity contribution < 1.29 is 4.79 Å². The van der Waals surface area contributed by atoms with Gasteiger partial charge >= 0.3 is 0 Å². The Hall–Kier alpha value is -1.04. The molecule has 1 aliphatic heterocycles. The van der Waals surface area contributed by atoms with Crippen LogP contribution in [0.4, 0.5) is 5.95 Å². The van der Waals surface area contributed by atoms with E-state index in [0.29, 0.717) is 5.95 Å². The molecule has 1 fully saturated rings. The zero-order chi connectivity index (χ0) is 9.80. The summed E-state index contributed by atoms with van der Waals surface area (Å²) in [6.07, 6.45) is 4.70. The van der Waals surface area contributed by atoms with Crippen molar-refractivity contribution in [3.8, 4) is 0 Å². The molecule has 0 saturated carbocycles. The highest BCUT2D eigenvalue weighted by Crippen LogP contribution is 2.25. The monoisotopic (exact) mass is 212 g/mol. The predicted molar refractivity (Wildman–Crippen MR) is 55.1 cm³/mol. The molecule has 0 aromatic carbocycles. The quantitative estimate of drug-likeness (QED) is 0.768. The fourth-order valence-corrected chi connectivity index (χ4v) is 2.61. The Kier molecular flexibility index (Phi) is 3.03. The zero-order valence-electron chi connectivity index (χ0n) is 7.69. The van der Waals surface area contributed by atoms with Gasteiger partial charge in [-0.2, -0.15) is 10.1 Å². The largest absolute Gasteiger partial charge is 0.294 e. The molecule has 1 aliphatic rings. The highest BCUT2D eigenvalue weighted by molar-refractivity contribution is 8.00. The number of carbonyl (C=O) groups excluding carboxylic acids is 1. The van der Waals surface area contributed by atoms with E-state index in [2.05, 4.69) is 20.5 Å². The Bertz CT molecular complexity index is 294. The average molecular weight is 212 g/mol. The molecule has 1 unspecified atom stereocenters. The number of nitrogens with one attached hydrogen (secondary N) is 2. The Morgan fingerprint density at radius 2 is 2.57 bits per heavy atom. The molecule has 2 N–H and O–H groups in total. The van der Waals surface area contributed by atoms with Crippen LogP contribution in [0.2, 0.25) is 0 Å². The van der Waals surface area contributed by atoms with Crippen LogP contribution in [0.5, 0.6) is 0 Å².